The molecular formula is C25H23IN2O. The van der Waals surface area contributed by atoms with Gasteiger partial charge in [-0.3, -0.25) is 4.79 Å². The Kier molecular flexibility index (Phi) is 7.82. The maximum atomic E-state index is 13.1. The van der Waals surface area contributed by atoms with Crippen molar-refractivity contribution in [1.29, 1.82) is 0 Å². The summed E-state index contributed by atoms with van der Waals surface area (Å²) in [5.74, 6) is -0.0572. The van der Waals surface area contributed by atoms with Crippen LogP contribution in [0.25, 0.3) is 0 Å². The smallest absolute Gasteiger partial charge is 0.259 e. The summed E-state index contributed by atoms with van der Waals surface area (Å²) >= 11 is 2.19. The molecule has 0 aliphatic heterocycles. The van der Waals surface area contributed by atoms with E-state index in [1.807, 2.05) is 54.6 Å². The van der Waals surface area contributed by atoms with Crippen LogP contribution in [0.4, 0.5) is 0 Å². The Labute approximate surface area is 185 Å². The summed E-state index contributed by atoms with van der Waals surface area (Å²) in [6.07, 6.45) is 1.62. The highest BCUT2D eigenvalue weighted by molar-refractivity contribution is 14.1. The Balaban J connectivity index is 1.74. The predicted octanol–water partition coefficient (Wildman–Crippen LogP) is 5.52. The minimum atomic E-state index is -0.0572. The van der Waals surface area contributed by atoms with E-state index in [0.29, 0.717) is 12.1 Å². The quantitative estimate of drug-likeness (QED) is 0.330. The molecule has 1 amide bonds. The van der Waals surface area contributed by atoms with Crippen molar-refractivity contribution in [2.75, 3.05) is 0 Å². The van der Waals surface area contributed by atoms with Crippen LogP contribution in [0.15, 0.2) is 97.4 Å². The van der Waals surface area contributed by atoms with Gasteiger partial charge in [0, 0.05) is 22.9 Å². The summed E-state index contributed by atoms with van der Waals surface area (Å²) in [6, 6.07) is 26.1. The van der Waals surface area contributed by atoms with E-state index in [9.17, 15) is 4.79 Å². The third kappa shape index (κ3) is 5.91. The average molecular weight is 494 g/mol. The number of benzene rings is 3. The molecule has 0 atom stereocenters. The summed E-state index contributed by atoms with van der Waals surface area (Å²) < 4.78 is 0.926. The molecule has 29 heavy (non-hydrogen) atoms. The van der Waals surface area contributed by atoms with E-state index >= 15 is 0 Å². The zero-order valence-electron chi connectivity index (χ0n) is 16.1. The number of amides is 1. The van der Waals surface area contributed by atoms with Crippen LogP contribution in [0.2, 0.25) is 0 Å². The van der Waals surface area contributed by atoms with E-state index < -0.39 is 0 Å². The van der Waals surface area contributed by atoms with E-state index in [1.54, 1.807) is 11.1 Å². The molecule has 0 unspecified atom stereocenters. The van der Waals surface area contributed by atoms with Crippen LogP contribution >= 0.6 is 22.6 Å². The molecular weight excluding hydrogens is 471 g/mol. The second-order valence-corrected chi connectivity index (χ2v) is 7.77. The predicted molar refractivity (Wildman–Crippen MR) is 126 cm³/mol. The molecule has 146 valence electrons. The maximum absolute atomic E-state index is 13.1. The summed E-state index contributed by atoms with van der Waals surface area (Å²) in [5.41, 5.74) is 6.94. The zero-order chi connectivity index (χ0) is 20.5. The fourth-order valence-corrected chi connectivity index (χ4v) is 3.70. The topological polar surface area (TPSA) is 32.3 Å². The minimum Gasteiger partial charge on any atom is -0.309 e. The lowest BCUT2D eigenvalue weighted by Gasteiger charge is -2.20. The molecule has 0 heterocycles. The minimum absolute atomic E-state index is 0.0572. The number of halogens is 1. The van der Waals surface area contributed by atoms with Crippen molar-refractivity contribution in [3.63, 3.8) is 0 Å². The first-order chi connectivity index (χ1) is 14.2. The Morgan fingerprint density at radius 2 is 1.59 bits per heavy atom. The Morgan fingerprint density at radius 1 is 0.931 bits per heavy atom. The van der Waals surface area contributed by atoms with Crippen molar-refractivity contribution in [3.8, 4) is 0 Å². The molecule has 3 rings (SSSR count). The number of nitrogens with one attached hydrogen (secondary N) is 1. The van der Waals surface area contributed by atoms with Gasteiger partial charge in [-0.2, -0.15) is 0 Å². The van der Waals surface area contributed by atoms with Gasteiger partial charge in [-0.05, 0) is 51.4 Å². The van der Waals surface area contributed by atoms with Crippen LogP contribution in [0.5, 0.6) is 0 Å². The van der Waals surface area contributed by atoms with Gasteiger partial charge >= 0.3 is 0 Å². The molecule has 0 saturated heterocycles. The molecule has 0 saturated carbocycles. The van der Waals surface area contributed by atoms with Crippen molar-refractivity contribution >= 4 is 28.5 Å². The van der Waals surface area contributed by atoms with Crippen molar-refractivity contribution in [2.24, 2.45) is 0 Å². The largest absolute Gasteiger partial charge is 0.309 e. The first-order valence-corrected chi connectivity index (χ1v) is 10.5. The first-order valence-electron chi connectivity index (χ1n) is 9.42. The van der Waals surface area contributed by atoms with E-state index in [4.69, 9.17) is 0 Å². The molecule has 1 N–H and O–H groups in total. The molecule has 0 bridgehead atoms. The molecule has 3 nitrogen and oxygen atoms in total. The van der Waals surface area contributed by atoms with Gasteiger partial charge in [-0.15, -0.1) is 5.73 Å². The van der Waals surface area contributed by atoms with E-state index in [-0.39, 0.29) is 5.91 Å². The van der Waals surface area contributed by atoms with Crippen LogP contribution in [0.1, 0.15) is 27.0 Å². The highest BCUT2D eigenvalue weighted by Crippen LogP contribution is 2.18. The van der Waals surface area contributed by atoms with Gasteiger partial charge in [0.1, 0.15) is 0 Å². The number of carbonyl (C=O) groups is 1. The third-order valence-corrected chi connectivity index (χ3v) is 5.50. The molecule has 4 heteroatoms. The monoisotopic (exact) mass is 494 g/mol. The second-order valence-electron chi connectivity index (χ2n) is 6.60. The second kappa shape index (κ2) is 10.8. The first kappa shape index (κ1) is 21.1. The lowest BCUT2D eigenvalue weighted by molar-refractivity contribution is 0.0812. The van der Waals surface area contributed by atoms with Crippen molar-refractivity contribution in [1.82, 2.24) is 10.2 Å². The van der Waals surface area contributed by atoms with Gasteiger partial charge in [0.05, 0.1) is 12.1 Å². The van der Waals surface area contributed by atoms with Gasteiger partial charge in [0.15, 0.2) is 0 Å². The number of hydrogen-bond donors (Lipinski definition) is 1. The molecule has 0 aliphatic carbocycles. The zero-order valence-corrected chi connectivity index (χ0v) is 18.3. The SMILES string of the molecule is C=C=CN(Cc1ccccc1CNCc1ccccc1)C(=O)c1ccccc1I. The van der Waals surface area contributed by atoms with Crippen LogP contribution in [-0.2, 0) is 19.6 Å². The fourth-order valence-electron chi connectivity index (χ4n) is 3.08. The summed E-state index contributed by atoms with van der Waals surface area (Å²) in [6.45, 7) is 5.65. The van der Waals surface area contributed by atoms with Crippen LogP contribution in [-0.4, -0.2) is 10.8 Å². The number of rotatable bonds is 8. The lowest BCUT2D eigenvalue weighted by atomic mass is 10.1. The highest BCUT2D eigenvalue weighted by atomic mass is 127. The van der Waals surface area contributed by atoms with Gasteiger partial charge in [0.25, 0.3) is 5.91 Å². The molecule has 3 aromatic carbocycles. The average Bonchev–Trinajstić information content (AvgIpc) is 2.75. The normalized spacial score (nSPS) is 10.2. The lowest BCUT2D eigenvalue weighted by Crippen LogP contribution is -2.27. The van der Waals surface area contributed by atoms with Crippen LogP contribution < -0.4 is 5.32 Å². The highest BCUT2D eigenvalue weighted by Gasteiger charge is 2.17. The van der Waals surface area contributed by atoms with Crippen LogP contribution in [0.3, 0.4) is 0 Å². The van der Waals surface area contributed by atoms with Crippen molar-refractivity contribution in [3.05, 3.63) is 123 Å². The van der Waals surface area contributed by atoms with Gasteiger partial charge in [-0.25, -0.2) is 0 Å². The fraction of sp³-hybridized carbons (Fsp3) is 0.120. The molecule has 0 spiro atoms. The summed E-state index contributed by atoms with van der Waals surface area (Å²) in [5, 5.41) is 3.49. The van der Waals surface area contributed by atoms with Crippen molar-refractivity contribution in [2.45, 2.75) is 19.6 Å². The van der Waals surface area contributed by atoms with E-state index in [0.717, 1.165) is 22.2 Å². The molecule has 0 aromatic heterocycles. The van der Waals surface area contributed by atoms with Gasteiger partial charge in [-0.1, -0.05) is 73.3 Å². The molecule has 3 aromatic rings. The Hall–Kier alpha value is -2.66. The molecule has 0 aliphatic rings. The standard InChI is InChI=1S/C25H23IN2O/c1-2-16-28(25(29)23-14-8-9-15-24(23)26)19-22-13-7-6-12-21(22)18-27-17-20-10-4-3-5-11-20/h3-16,27H,1,17-19H2. The van der Waals surface area contributed by atoms with Crippen molar-refractivity contribution < 1.29 is 4.79 Å². The van der Waals surface area contributed by atoms with Gasteiger partial charge < -0.3 is 10.2 Å². The number of carbonyl (C=O) groups excluding carboxylic acids is 1. The molecule has 0 fully saturated rings. The van der Waals surface area contributed by atoms with Gasteiger partial charge in [0.2, 0.25) is 0 Å². The van der Waals surface area contributed by atoms with E-state index in [1.165, 1.54) is 11.1 Å². The Morgan fingerprint density at radius 3 is 2.31 bits per heavy atom. The molecule has 0 radical (unpaired) electrons. The van der Waals surface area contributed by atoms with E-state index in [2.05, 4.69) is 64.5 Å². The summed E-state index contributed by atoms with van der Waals surface area (Å²) in [7, 11) is 0. The Bertz CT molecular complexity index is 1010. The number of hydrogen-bond acceptors (Lipinski definition) is 2. The third-order valence-electron chi connectivity index (χ3n) is 4.56. The number of nitrogens with zero attached hydrogens (tertiary/aromatic N) is 1. The summed E-state index contributed by atoms with van der Waals surface area (Å²) in [4.78, 5) is 14.7. The van der Waals surface area contributed by atoms with Crippen LogP contribution in [0, 0.1) is 3.57 Å². The maximum Gasteiger partial charge on any atom is 0.259 e.